The van der Waals surface area contributed by atoms with Crippen LogP contribution < -0.4 is 0 Å². The standard InChI is InChI=1S/C6H21Si4.2C5H5.CH3.Hf/c1-7(2)10(8(3)4)9(5)6;2*1-2-4-5-3-1;;/h7-9H,1-6H3;2*1-3H,4H2;1H3;/q;3*-1;. The second-order valence-electron chi connectivity index (χ2n) is 5.97. The summed E-state index contributed by atoms with van der Waals surface area (Å²) in [6.45, 7) is 15.5. The monoisotopic (exact) mass is 530 g/mol. The van der Waals surface area contributed by atoms with Crippen LogP contribution in [-0.2, 0) is 25.8 Å². The van der Waals surface area contributed by atoms with E-state index >= 15 is 0 Å². The molecule has 0 spiro atoms. The third kappa shape index (κ3) is 15.6. The molecule has 125 valence electrons. The first-order chi connectivity index (χ1) is 9.46. The van der Waals surface area contributed by atoms with Gasteiger partial charge in [-0.3, -0.25) is 12.2 Å². The number of rotatable bonds is 3. The predicted octanol–water partition coefficient (Wildman–Crippen LogP) is 4.24. The second-order valence-corrected chi connectivity index (χ2v) is 36.3. The summed E-state index contributed by atoms with van der Waals surface area (Å²) in [6.07, 6.45) is 20.0. The van der Waals surface area contributed by atoms with Gasteiger partial charge in [0.15, 0.2) is 0 Å². The smallest absolute Gasteiger partial charge is 0.0169 e. The van der Waals surface area contributed by atoms with Gasteiger partial charge in [-0.2, -0.15) is 12.2 Å². The van der Waals surface area contributed by atoms with Crippen molar-refractivity contribution >= 4 is 32.3 Å². The fraction of sp³-hybridized carbons (Fsp3) is 0.471. The molecule has 2 aliphatic rings. The van der Waals surface area contributed by atoms with Gasteiger partial charge < -0.3 is 7.43 Å². The van der Waals surface area contributed by atoms with Crippen molar-refractivity contribution in [3.63, 3.8) is 0 Å². The van der Waals surface area contributed by atoms with E-state index in [0.29, 0.717) is 7.35 Å². The van der Waals surface area contributed by atoms with Gasteiger partial charge in [-0.1, -0.05) is 39.3 Å². The third-order valence-corrected chi connectivity index (χ3v) is 55.2. The molecule has 2 aliphatic carbocycles. The molecule has 5 heteroatoms. The van der Waals surface area contributed by atoms with Gasteiger partial charge >= 0.3 is 0 Å². The first-order valence-corrected chi connectivity index (χ1v) is 21.6. The van der Waals surface area contributed by atoms with E-state index in [1.54, 1.807) is 0 Å². The van der Waals surface area contributed by atoms with Crippen molar-refractivity contribution < 1.29 is 25.8 Å². The largest absolute Gasteiger partial charge is 0.358 e. The predicted molar refractivity (Wildman–Crippen MR) is 112 cm³/mol. The van der Waals surface area contributed by atoms with E-state index in [4.69, 9.17) is 0 Å². The van der Waals surface area contributed by atoms with E-state index in [1.165, 1.54) is 0 Å². The zero-order valence-electron chi connectivity index (χ0n) is 15.6. The van der Waals surface area contributed by atoms with Crippen LogP contribution in [-0.4, -0.2) is 32.3 Å². The van der Waals surface area contributed by atoms with Crippen LogP contribution in [0.5, 0.6) is 0 Å². The molecule has 1 radical (unpaired) electrons. The van der Waals surface area contributed by atoms with Crippen molar-refractivity contribution in [1.82, 2.24) is 0 Å². The molecule has 2 rings (SSSR count). The molecule has 0 aromatic heterocycles. The molecular weight excluding hydrogens is 495 g/mol. The maximum absolute atomic E-state index is 2.99. The van der Waals surface area contributed by atoms with E-state index in [2.05, 4.69) is 63.6 Å². The fourth-order valence-corrected chi connectivity index (χ4v) is 54.7. The molecule has 0 saturated heterocycles. The van der Waals surface area contributed by atoms with Gasteiger partial charge in [0.05, 0.1) is 0 Å². The minimum atomic E-state index is -0.176. The summed E-state index contributed by atoms with van der Waals surface area (Å²) in [5.74, 6) is 0. The summed E-state index contributed by atoms with van der Waals surface area (Å²) in [6, 6.07) is 0. The van der Waals surface area contributed by atoms with Gasteiger partial charge in [0.2, 0.25) is 0 Å². The van der Waals surface area contributed by atoms with E-state index in [-0.39, 0.29) is 58.2 Å². The van der Waals surface area contributed by atoms with Crippen molar-refractivity contribution in [2.24, 2.45) is 0 Å². The second kappa shape index (κ2) is 18.0. The van der Waals surface area contributed by atoms with Crippen LogP contribution in [0.3, 0.4) is 0 Å². The molecule has 0 nitrogen and oxygen atoms in total. The Balaban J connectivity index is -0.000000254. The molecule has 0 aliphatic heterocycles. The molecule has 0 atom stereocenters. The van der Waals surface area contributed by atoms with Crippen LogP contribution in [0.4, 0.5) is 0 Å². The molecule has 0 fully saturated rings. The van der Waals surface area contributed by atoms with Crippen LogP contribution in [0.2, 0.25) is 39.3 Å². The van der Waals surface area contributed by atoms with Gasteiger partial charge in [0.1, 0.15) is 0 Å². The summed E-state index contributed by atoms with van der Waals surface area (Å²) < 4.78 is 0. The zero-order valence-corrected chi connectivity index (χ0v) is 23.7. The SMILES string of the molecule is C[SiH](C)[Si]([SiH](C)C)[SiH](C)C.[C-]1=CC=CC1.[C-]1=CC=CC1.[CH3-].[Hf]. The molecule has 0 aromatic rings. The summed E-state index contributed by atoms with van der Waals surface area (Å²) in [4.78, 5) is 0. The maximum atomic E-state index is 2.99. The Labute approximate surface area is 165 Å². The van der Waals surface area contributed by atoms with Crippen molar-refractivity contribution in [2.75, 3.05) is 0 Å². The Morgan fingerprint density at radius 1 is 0.727 bits per heavy atom. The topological polar surface area (TPSA) is 0 Å². The van der Waals surface area contributed by atoms with E-state index in [9.17, 15) is 0 Å². The summed E-state index contributed by atoms with van der Waals surface area (Å²) in [5.41, 5.74) is 0. The van der Waals surface area contributed by atoms with Gasteiger partial charge in [-0.25, -0.2) is 24.3 Å². The van der Waals surface area contributed by atoms with Gasteiger partial charge in [0.25, 0.3) is 0 Å². The quantitative estimate of drug-likeness (QED) is 0.380. The molecule has 0 bridgehead atoms. The molecule has 0 N–H and O–H groups in total. The normalized spacial score (nSPS) is 13.7. The number of hydrogen-bond acceptors (Lipinski definition) is 0. The van der Waals surface area contributed by atoms with Crippen LogP contribution in [0.25, 0.3) is 0 Å². The summed E-state index contributed by atoms with van der Waals surface area (Å²) in [7, 11) is -0.207. The Bertz CT molecular complexity index is 284. The molecule has 0 amide bonds. The molecule has 0 unspecified atom stereocenters. The van der Waals surface area contributed by atoms with Crippen LogP contribution >= 0.6 is 0 Å². The Morgan fingerprint density at radius 3 is 1.09 bits per heavy atom. The van der Waals surface area contributed by atoms with E-state index < -0.39 is 0 Å². The summed E-state index contributed by atoms with van der Waals surface area (Å²) in [5, 5.41) is 0. The minimum absolute atomic E-state index is 0. The van der Waals surface area contributed by atoms with Crippen LogP contribution in [0, 0.1) is 19.6 Å². The average Bonchev–Trinajstić information content (AvgIpc) is 3.07. The van der Waals surface area contributed by atoms with Gasteiger partial charge in [-0.05, 0) is 0 Å². The van der Waals surface area contributed by atoms with Gasteiger partial charge in [0, 0.05) is 58.1 Å². The maximum Gasteiger partial charge on any atom is 0.0169 e. The minimum Gasteiger partial charge on any atom is -0.358 e. The van der Waals surface area contributed by atoms with Crippen LogP contribution in [0.15, 0.2) is 36.5 Å². The third-order valence-electron chi connectivity index (χ3n) is 3.17. The Kier molecular flexibility index (Phi) is 22.6. The Hall–Kier alpha value is 0.698. The molecule has 22 heavy (non-hydrogen) atoms. The Morgan fingerprint density at radius 2 is 1.05 bits per heavy atom. The van der Waals surface area contributed by atoms with E-state index in [1.807, 2.05) is 24.3 Å². The van der Waals surface area contributed by atoms with Crippen molar-refractivity contribution in [3.05, 3.63) is 56.0 Å². The molecule has 0 saturated carbocycles. The molecular formula is C17H34HfSi4-3. The van der Waals surface area contributed by atoms with Crippen molar-refractivity contribution in [3.8, 4) is 0 Å². The first-order valence-electron chi connectivity index (χ1n) is 7.76. The number of hydrogen-bond donors (Lipinski definition) is 0. The molecule has 0 aromatic carbocycles. The summed E-state index contributed by atoms with van der Waals surface area (Å²) >= 11 is 0. The van der Waals surface area contributed by atoms with Crippen LogP contribution in [0.1, 0.15) is 12.8 Å². The fourth-order valence-electron chi connectivity index (χ4n) is 2.68. The average molecular weight is 529 g/mol. The first kappa shape index (κ1) is 27.5. The molecule has 0 heterocycles. The zero-order chi connectivity index (χ0) is 15.4. The van der Waals surface area contributed by atoms with E-state index in [0.717, 1.165) is 12.8 Å². The van der Waals surface area contributed by atoms with Gasteiger partial charge in [-0.15, -0.1) is 12.8 Å². The van der Waals surface area contributed by atoms with Crippen molar-refractivity contribution in [2.45, 2.75) is 52.1 Å². The number of allylic oxidation sites excluding steroid dienone is 8. The van der Waals surface area contributed by atoms with Crippen molar-refractivity contribution in [1.29, 1.82) is 0 Å².